The normalized spacial score (nSPS) is 10.4. The van der Waals surface area contributed by atoms with E-state index in [4.69, 9.17) is 16.3 Å². The number of esters is 1. The van der Waals surface area contributed by atoms with Crippen LogP contribution in [-0.4, -0.2) is 31.1 Å². The number of aromatic nitrogens is 4. The van der Waals surface area contributed by atoms with Crippen LogP contribution in [-0.2, 0) is 0 Å². The Hall–Kier alpha value is -3.33. The Balaban J connectivity index is 1.89. The second-order valence-electron chi connectivity index (χ2n) is 4.53. The molecule has 2 aromatic carbocycles. The molecule has 0 amide bonds. The molecule has 9 nitrogen and oxygen atoms in total. The van der Waals surface area contributed by atoms with E-state index >= 15 is 0 Å². The first-order chi connectivity index (χ1) is 11.6. The SMILES string of the molecule is O=C(Oc1ccc([N+](=O)[O-])c(Cl)c1)c1ccccc1-n1cnnn1. The summed E-state index contributed by atoms with van der Waals surface area (Å²) in [6, 6.07) is 10.2. The summed E-state index contributed by atoms with van der Waals surface area (Å²) in [7, 11) is 0. The highest BCUT2D eigenvalue weighted by Gasteiger charge is 2.18. The quantitative estimate of drug-likeness (QED) is 0.309. The molecule has 0 spiro atoms. The Morgan fingerprint density at radius 1 is 1.25 bits per heavy atom. The van der Waals surface area contributed by atoms with Crippen molar-refractivity contribution in [1.29, 1.82) is 0 Å². The van der Waals surface area contributed by atoms with E-state index in [2.05, 4.69) is 15.5 Å². The Morgan fingerprint density at radius 3 is 2.71 bits per heavy atom. The lowest BCUT2D eigenvalue weighted by molar-refractivity contribution is -0.384. The number of nitro benzene ring substituents is 1. The molecule has 0 atom stereocenters. The van der Waals surface area contributed by atoms with Gasteiger partial charge < -0.3 is 4.74 Å². The van der Waals surface area contributed by atoms with Crippen LogP contribution in [0.5, 0.6) is 5.75 Å². The number of tetrazole rings is 1. The Bertz CT molecular complexity index is 913. The second-order valence-corrected chi connectivity index (χ2v) is 4.94. The van der Waals surface area contributed by atoms with Crippen LogP contribution in [0.3, 0.4) is 0 Å². The van der Waals surface area contributed by atoms with Crippen LogP contribution in [0, 0.1) is 10.1 Å². The van der Waals surface area contributed by atoms with Crippen molar-refractivity contribution in [2.75, 3.05) is 0 Å². The summed E-state index contributed by atoms with van der Waals surface area (Å²) in [5.74, 6) is -0.590. The van der Waals surface area contributed by atoms with Gasteiger partial charge in [0.2, 0.25) is 0 Å². The third-order valence-electron chi connectivity index (χ3n) is 3.05. The Kier molecular flexibility index (Phi) is 4.17. The fourth-order valence-corrected chi connectivity index (χ4v) is 2.22. The predicted molar refractivity (Wildman–Crippen MR) is 82.2 cm³/mol. The summed E-state index contributed by atoms with van der Waals surface area (Å²) in [6.45, 7) is 0. The maximum atomic E-state index is 12.4. The molecule has 3 rings (SSSR count). The maximum absolute atomic E-state index is 12.4. The van der Waals surface area contributed by atoms with Crippen LogP contribution in [0.2, 0.25) is 5.02 Å². The molecule has 0 bridgehead atoms. The third-order valence-corrected chi connectivity index (χ3v) is 3.35. The van der Waals surface area contributed by atoms with E-state index in [-0.39, 0.29) is 22.0 Å². The summed E-state index contributed by atoms with van der Waals surface area (Å²) in [5, 5.41) is 21.4. The minimum atomic E-state index is -0.675. The zero-order valence-corrected chi connectivity index (χ0v) is 12.6. The van der Waals surface area contributed by atoms with Gasteiger partial charge in [0.05, 0.1) is 16.2 Å². The molecule has 24 heavy (non-hydrogen) atoms. The average Bonchev–Trinajstić information content (AvgIpc) is 3.09. The van der Waals surface area contributed by atoms with Gasteiger partial charge in [0.25, 0.3) is 5.69 Å². The molecule has 0 aliphatic rings. The smallest absolute Gasteiger partial charge is 0.345 e. The van der Waals surface area contributed by atoms with Crippen LogP contribution in [0.4, 0.5) is 5.69 Å². The van der Waals surface area contributed by atoms with Gasteiger partial charge in [-0.2, -0.15) is 4.68 Å². The van der Waals surface area contributed by atoms with Crippen molar-refractivity contribution in [2.45, 2.75) is 0 Å². The number of benzene rings is 2. The summed E-state index contributed by atoms with van der Waals surface area (Å²) < 4.78 is 6.55. The summed E-state index contributed by atoms with van der Waals surface area (Å²) in [5.41, 5.74) is 0.380. The number of rotatable bonds is 4. The van der Waals surface area contributed by atoms with Gasteiger partial charge in [-0.05, 0) is 28.6 Å². The number of ether oxygens (including phenoxy) is 1. The lowest BCUT2D eigenvalue weighted by atomic mass is 10.2. The first kappa shape index (κ1) is 15.6. The minimum Gasteiger partial charge on any atom is -0.423 e. The summed E-state index contributed by atoms with van der Waals surface area (Å²) >= 11 is 5.80. The lowest BCUT2D eigenvalue weighted by Crippen LogP contribution is -2.13. The molecule has 0 aliphatic carbocycles. The van der Waals surface area contributed by atoms with E-state index < -0.39 is 10.9 Å². The van der Waals surface area contributed by atoms with E-state index in [1.54, 1.807) is 24.3 Å². The highest BCUT2D eigenvalue weighted by Crippen LogP contribution is 2.29. The number of hydrogen-bond donors (Lipinski definition) is 0. The Labute approximate surface area is 139 Å². The molecular formula is C14H8ClN5O4. The first-order valence-electron chi connectivity index (χ1n) is 6.55. The molecule has 1 heterocycles. The van der Waals surface area contributed by atoms with Crippen LogP contribution >= 0.6 is 11.6 Å². The van der Waals surface area contributed by atoms with E-state index in [0.717, 1.165) is 6.07 Å². The highest BCUT2D eigenvalue weighted by molar-refractivity contribution is 6.32. The number of para-hydroxylation sites is 1. The first-order valence-corrected chi connectivity index (χ1v) is 6.92. The topological polar surface area (TPSA) is 113 Å². The van der Waals surface area contributed by atoms with Gasteiger partial charge in [0.15, 0.2) is 0 Å². The van der Waals surface area contributed by atoms with Crippen molar-refractivity contribution < 1.29 is 14.5 Å². The molecule has 120 valence electrons. The molecule has 0 saturated heterocycles. The number of hydrogen-bond acceptors (Lipinski definition) is 7. The number of halogens is 1. The van der Waals surface area contributed by atoms with Crippen LogP contribution < -0.4 is 4.74 Å². The van der Waals surface area contributed by atoms with Crippen molar-refractivity contribution in [3.63, 3.8) is 0 Å². The van der Waals surface area contributed by atoms with E-state index in [1.165, 1.54) is 23.1 Å². The average molecular weight is 346 g/mol. The molecule has 0 radical (unpaired) electrons. The van der Waals surface area contributed by atoms with Crippen molar-refractivity contribution in [1.82, 2.24) is 20.2 Å². The highest BCUT2D eigenvalue weighted by atomic mass is 35.5. The standard InChI is InChI=1S/C14H8ClN5O4/c15-11-7-9(5-6-13(11)20(22)23)24-14(21)10-3-1-2-4-12(10)19-8-16-17-18-19/h1-8H. The summed E-state index contributed by atoms with van der Waals surface area (Å²) in [4.78, 5) is 22.5. The Morgan fingerprint density at radius 2 is 2.04 bits per heavy atom. The second kappa shape index (κ2) is 6.42. The van der Waals surface area contributed by atoms with Gasteiger partial charge in [0, 0.05) is 12.1 Å². The van der Waals surface area contributed by atoms with Gasteiger partial charge in [-0.15, -0.1) is 5.10 Å². The van der Waals surface area contributed by atoms with Crippen molar-refractivity contribution in [2.24, 2.45) is 0 Å². The lowest BCUT2D eigenvalue weighted by Gasteiger charge is -2.08. The van der Waals surface area contributed by atoms with Crippen LogP contribution in [0.25, 0.3) is 5.69 Å². The zero-order chi connectivity index (χ0) is 17.1. The molecule has 0 aliphatic heterocycles. The molecule has 1 aromatic heterocycles. The largest absolute Gasteiger partial charge is 0.423 e. The predicted octanol–water partition coefficient (Wildman–Crippen LogP) is 2.44. The van der Waals surface area contributed by atoms with Crippen molar-refractivity contribution in [3.8, 4) is 11.4 Å². The van der Waals surface area contributed by atoms with Gasteiger partial charge in [0.1, 0.15) is 17.1 Å². The molecular weight excluding hydrogens is 338 g/mol. The maximum Gasteiger partial charge on any atom is 0.345 e. The minimum absolute atomic E-state index is 0.0853. The van der Waals surface area contributed by atoms with E-state index in [0.29, 0.717) is 5.69 Å². The van der Waals surface area contributed by atoms with Gasteiger partial charge in [-0.1, -0.05) is 23.7 Å². The molecule has 3 aromatic rings. The molecule has 0 N–H and O–H groups in total. The fourth-order valence-electron chi connectivity index (χ4n) is 1.98. The van der Waals surface area contributed by atoms with E-state index in [1.807, 2.05) is 0 Å². The van der Waals surface area contributed by atoms with Crippen molar-refractivity contribution >= 4 is 23.3 Å². The molecule has 10 heteroatoms. The fraction of sp³-hybridized carbons (Fsp3) is 0. The zero-order valence-electron chi connectivity index (χ0n) is 11.9. The van der Waals surface area contributed by atoms with Gasteiger partial charge >= 0.3 is 5.97 Å². The molecule has 0 saturated carbocycles. The monoisotopic (exact) mass is 345 g/mol. The van der Waals surface area contributed by atoms with E-state index in [9.17, 15) is 14.9 Å². The molecule has 0 unspecified atom stereocenters. The van der Waals surface area contributed by atoms with Gasteiger partial charge in [-0.3, -0.25) is 10.1 Å². The number of carbonyl (C=O) groups is 1. The van der Waals surface area contributed by atoms with Crippen molar-refractivity contribution in [3.05, 3.63) is 69.5 Å². The number of nitrogens with zero attached hydrogens (tertiary/aromatic N) is 5. The van der Waals surface area contributed by atoms with Crippen LogP contribution in [0.15, 0.2) is 48.8 Å². The number of carbonyl (C=O) groups excluding carboxylic acids is 1. The number of nitro groups is 1. The summed E-state index contributed by atoms with van der Waals surface area (Å²) in [6.07, 6.45) is 1.34. The van der Waals surface area contributed by atoms with Crippen LogP contribution in [0.1, 0.15) is 10.4 Å². The third kappa shape index (κ3) is 3.06. The van der Waals surface area contributed by atoms with Gasteiger partial charge in [-0.25, -0.2) is 4.79 Å². The molecule has 0 fully saturated rings.